The van der Waals surface area contributed by atoms with Crippen LogP contribution in [0.1, 0.15) is 18.1 Å². The van der Waals surface area contributed by atoms with Crippen molar-refractivity contribution < 1.29 is 27.9 Å². The number of aliphatic carboxylic acids is 1. The van der Waals surface area contributed by atoms with Crippen molar-refractivity contribution in [2.24, 2.45) is 0 Å². The standard InChI is InChI=1S/C19H17NO6S/c1-13-16(18(21)22)11-15-9-5-6-10-17(15)20(13)27(24,25)19(23)26-12-14-7-3-2-4-8-14/h2-11,13H,12H2,1H3,(H,21,22)/t13-/m1/s1. The molecule has 0 radical (unpaired) electrons. The molecule has 0 spiro atoms. The summed E-state index contributed by atoms with van der Waals surface area (Å²) in [5.74, 6) is -1.25. The van der Waals surface area contributed by atoms with Crippen molar-refractivity contribution in [3.05, 3.63) is 71.3 Å². The Bertz CT molecular complexity index is 1010. The first-order valence-corrected chi connectivity index (χ1v) is 9.55. The van der Waals surface area contributed by atoms with Gasteiger partial charge in [-0.05, 0) is 30.2 Å². The Labute approximate surface area is 156 Å². The van der Waals surface area contributed by atoms with E-state index in [1.807, 2.05) is 0 Å². The van der Waals surface area contributed by atoms with Crippen LogP contribution in [0.5, 0.6) is 0 Å². The fraction of sp³-hybridized carbons (Fsp3) is 0.158. The first kappa shape index (κ1) is 18.7. The summed E-state index contributed by atoms with van der Waals surface area (Å²) >= 11 is 0. The number of carbonyl (C=O) groups is 2. The van der Waals surface area contributed by atoms with Crippen LogP contribution in [0.15, 0.2) is 60.2 Å². The lowest BCUT2D eigenvalue weighted by Gasteiger charge is -2.33. The molecule has 0 saturated heterocycles. The molecule has 2 aromatic rings. The monoisotopic (exact) mass is 387 g/mol. The number of fused-ring (bicyclic) bond motifs is 1. The van der Waals surface area contributed by atoms with Gasteiger partial charge in [-0.1, -0.05) is 48.5 Å². The summed E-state index contributed by atoms with van der Waals surface area (Å²) in [6.07, 6.45) is 1.41. The Morgan fingerprint density at radius 1 is 1.07 bits per heavy atom. The van der Waals surface area contributed by atoms with Crippen LogP contribution in [0.4, 0.5) is 10.5 Å². The van der Waals surface area contributed by atoms with Gasteiger partial charge < -0.3 is 9.84 Å². The molecule has 0 bridgehead atoms. The number of rotatable bonds is 4. The number of benzene rings is 2. The number of anilines is 1. The number of carboxylic acids is 1. The van der Waals surface area contributed by atoms with Crippen molar-refractivity contribution in [3.63, 3.8) is 0 Å². The number of hydrogen-bond donors (Lipinski definition) is 1. The number of carbonyl (C=O) groups excluding carboxylic acids is 1. The van der Waals surface area contributed by atoms with Gasteiger partial charge in [0.1, 0.15) is 6.61 Å². The molecule has 0 aromatic heterocycles. The van der Waals surface area contributed by atoms with Gasteiger partial charge >= 0.3 is 21.3 Å². The minimum Gasteiger partial charge on any atom is -0.478 e. The summed E-state index contributed by atoms with van der Waals surface area (Å²) in [5, 5.41) is 7.97. The number of para-hydroxylation sites is 1. The summed E-state index contributed by atoms with van der Waals surface area (Å²) in [7, 11) is -4.59. The average molecular weight is 387 g/mol. The van der Waals surface area contributed by atoms with Crippen molar-refractivity contribution in [2.45, 2.75) is 19.6 Å². The van der Waals surface area contributed by atoms with E-state index in [4.69, 9.17) is 4.74 Å². The van der Waals surface area contributed by atoms with E-state index in [2.05, 4.69) is 0 Å². The molecule has 0 fully saturated rings. The second kappa shape index (κ2) is 7.24. The van der Waals surface area contributed by atoms with Gasteiger partial charge in [0.25, 0.3) is 0 Å². The Morgan fingerprint density at radius 3 is 2.37 bits per heavy atom. The third-order valence-electron chi connectivity index (χ3n) is 4.20. The zero-order valence-electron chi connectivity index (χ0n) is 14.4. The molecule has 2 aromatic carbocycles. The molecule has 1 atom stereocenters. The maximum absolute atomic E-state index is 12.9. The third kappa shape index (κ3) is 3.56. The predicted molar refractivity (Wildman–Crippen MR) is 99.5 cm³/mol. The molecule has 3 rings (SSSR count). The normalized spacial score (nSPS) is 16.3. The topological polar surface area (TPSA) is 101 Å². The summed E-state index contributed by atoms with van der Waals surface area (Å²) in [5.41, 5.74) is 1.13. The van der Waals surface area contributed by atoms with Crippen LogP contribution in [0.25, 0.3) is 6.08 Å². The first-order chi connectivity index (χ1) is 12.8. The van der Waals surface area contributed by atoms with E-state index in [1.54, 1.807) is 48.5 Å². The molecule has 1 N–H and O–H groups in total. The molecule has 27 heavy (non-hydrogen) atoms. The quantitative estimate of drug-likeness (QED) is 0.809. The first-order valence-electron chi connectivity index (χ1n) is 8.11. The largest absolute Gasteiger partial charge is 0.478 e. The predicted octanol–water partition coefficient (Wildman–Crippen LogP) is 3.03. The Kier molecular flexibility index (Phi) is 5.00. The van der Waals surface area contributed by atoms with Crippen molar-refractivity contribution in [2.75, 3.05) is 4.31 Å². The van der Waals surface area contributed by atoms with Gasteiger partial charge in [0.05, 0.1) is 17.3 Å². The van der Waals surface area contributed by atoms with Crippen molar-refractivity contribution in [3.8, 4) is 0 Å². The lowest BCUT2D eigenvalue weighted by atomic mass is 9.99. The molecular formula is C19H17NO6S. The Morgan fingerprint density at radius 2 is 1.70 bits per heavy atom. The van der Waals surface area contributed by atoms with E-state index in [0.29, 0.717) is 11.1 Å². The molecular weight excluding hydrogens is 370 g/mol. The van der Waals surface area contributed by atoms with Gasteiger partial charge in [0.2, 0.25) is 0 Å². The van der Waals surface area contributed by atoms with Crippen molar-refractivity contribution in [1.29, 1.82) is 0 Å². The Hall–Kier alpha value is -3.13. The number of nitrogens with zero attached hydrogens (tertiary/aromatic N) is 1. The summed E-state index contributed by atoms with van der Waals surface area (Å²) in [4.78, 5) is 23.9. The van der Waals surface area contributed by atoms with Crippen molar-refractivity contribution >= 4 is 33.1 Å². The van der Waals surface area contributed by atoms with Gasteiger partial charge in [0.15, 0.2) is 0 Å². The SMILES string of the molecule is C[C@@H]1C(C(=O)O)=Cc2ccccc2N1S(=O)(=O)C(=O)OCc1ccccc1. The molecule has 0 amide bonds. The molecule has 0 aliphatic carbocycles. The highest BCUT2D eigenvalue weighted by Crippen LogP contribution is 2.35. The summed E-state index contributed by atoms with van der Waals surface area (Å²) in [6.45, 7) is 1.21. The van der Waals surface area contributed by atoms with E-state index >= 15 is 0 Å². The zero-order chi connectivity index (χ0) is 19.6. The van der Waals surface area contributed by atoms with Crippen LogP contribution in [-0.4, -0.2) is 30.8 Å². The van der Waals surface area contributed by atoms with Crippen LogP contribution in [0, 0.1) is 0 Å². The fourth-order valence-electron chi connectivity index (χ4n) is 2.88. The second-order valence-electron chi connectivity index (χ2n) is 5.96. The van der Waals surface area contributed by atoms with Crippen molar-refractivity contribution in [1.82, 2.24) is 0 Å². The number of hydrogen-bond acceptors (Lipinski definition) is 5. The number of carboxylic acid groups (broad SMARTS) is 1. The summed E-state index contributed by atoms with van der Waals surface area (Å²) < 4.78 is 31.5. The molecule has 8 heteroatoms. The van der Waals surface area contributed by atoms with Gasteiger partial charge in [0, 0.05) is 0 Å². The lowest BCUT2D eigenvalue weighted by Crippen LogP contribution is -2.46. The minimum atomic E-state index is -4.59. The molecule has 140 valence electrons. The van der Waals surface area contributed by atoms with Crippen LogP contribution in [-0.2, 0) is 26.2 Å². The van der Waals surface area contributed by atoms with Gasteiger partial charge in [-0.15, -0.1) is 0 Å². The lowest BCUT2D eigenvalue weighted by molar-refractivity contribution is -0.132. The molecule has 1 aliphatic heterocycles. The Balaban J connectivity index is 1.94. The zero-order valence-corrected chi connectivity index (χ0v) is 15.2. The highest BCUT2D eigenvalue weighted by atomic mass is 32.2. The maximum Gasteiger partial charge on any atom is 0.445 e. The molecule has 0 saturated carbocycles. The average Bonchev–Trinajstić information content (AvgIpc) is 2.65. The van der Waals surface area contributed by atoms with E-state index < -0.39 is 27.3 Å². The van der Waals surface area contributed by atoms with Crippen LogP contribution in [0.2, 0.25) is 0 Å². The fourth-order valence-corrected chi connectivity index (χ4v) is 4.21. The van der Waals surface area contributed by atoms with Crippen LogP contribution in [0.3, 0.4) is 0 Å². The van der Waals surface area contributed by atoms with E-state index in [1.165, 1.54) is 19.1 Å². The smallest absolute Gasteiger partial charge is 0.445 e. The number of sulfonamides is 1. The van der Waals surface area contributed by atoms with Gasteiger partial charge in [-0.3, -0.25) is 4.31 Å². The second-order valence-corrected chi connectivity index (χ2v) is 7.64. The molecule has 1 heterocycles. The van der Waals surface area contributed by atoms with E-state index in [0.717, 1.165) is 4.31 Å². The third-order valence-corrected chi connectivity index (χ3v) is 5.77. The van der Waals surface area contributed by atoms with Crippen LogP contribution < -0.4 is 4.31 Å². The number of ether oxygens (including phenoxy) is 1. The van der Waals surface area contributed by atoms with Gasteiger partial charge in [-0.25, -0.2) is 9.59 Å². The molecule has 7 nitrogen and oxygen atoms in total. The molecule has 1 aliphatic rings. The summed E-state index contributed by atoms with van der Waals surface area (Å²) in [6, 6.07) is 14.0. The van der Waals surface area contributed by atoms with Gasteiger partial charge in [-0.2, -0.15) is 8.42 Å². The highest BCUT2D eigenvalue weighted by Gasteiger charge is 2.41. The van der Waals surface area contributed by atoms with E-state index in [9.17, 15) is 23.1 Å². The van der Waals surface area contributed by atoms with E-state index in [-0.39, 0.29) is 17.9 Å². The highest BCUT2D eigenvalue weighted by molar-refractivity contribution is 8.06. The maximum atomic E-state index is 12.9. The minimum absolute atomic E-state index is 0.131. The van der Waals surface area contributed by atoms with Crippen LogP contribution >= 0.6 is 0 Å². The molecule has 0 unspecified atom stereocenters.